The number of hydrogen-bond acceptors (Lipinski definition) is 3. The molecule has 5 heteroatoms. The molecule has 1 unspecified atom stereocenters. The quantitative estimate of drug-likeness (QED) is 0.721. The molecule has 2 aromatic carbocycles. The van der Waals surface area contributed by atoms with Gasteiger partial charge in [-0.1, -0.05) is 18.2 Å². The maximum Gasteiger partial charge on any atom is 0.186 e. The molecule has 22 heavy (non-hydrogen) atoms. The van der Waals surface area contributed by atoms with Crippen LogP contribution >= 0.6 is 0 Å². The topological polar surface area (TPSA) is 62.2 Å². The van der Waals surface area contributed by atoms with Gasteiger partial charge in [-0.05, 0) is 48.9 Å². The number of aryl methyl sites for hydroxylation is 1. The zero-order chi connectivity index (χ0) is 15.5. The van der Waals surface area contributed by atoms with E-state index < -0.39 is 11.1 Å². The van der Waals surface area contributed by atoms with Crippen molar-refractivity contribution >= 4 is 27.7 Å². The van der Waals surface area contributed by atoms with Crippen LogP contribution in [0.3, 0.4) is 0 Å². The van der Waals surface area contributed by atoms with Gasteiger partial charge in [-0.25, -0.2) is 4.21 Å². The largest absolute Gasteiger partial charge is 0.381 e. The van der Waals surface area contributed by atoms with Crippen LogP contribution in [0.1, 0.15) is 11.3 Å². The van der Waals surface area contributed by atoms with Gasteiger partial charge >= 0.3 is 0 Å². The van der Waals surface area contributed by atoms with Crippen molar-refractivity contribution < 1.29 is 8.76 Å². The summed E-state index contributed by atoms with van der Waals surface area (Å²) in [4.78, 5) is 4.93. The Bertz CT molecular complexity index is 832. The first-order chi connectivity index (χ1) is 10.6. The fraction of sp³-hybridized carbons (Fsp3) is 0.118. The van der Waals surface area contributed by atoms with E-state index in [1.807, 2.05) is 25.1 Å². The van der Waals surface area contributed by atoms with Crippen molar-refractivity contribution in [3.63, 3.8) is 0 Å². The first-order valence-electron chi connectivity index (χ1n) is 6.93. The Kier molecular flexibility index (Phi) is 4.18. The Labute approximate surface area is 131 Å². The highest BCUT2D eigenvalue weighted by atomic mass is 32.2. The molecule has 3 aromatic rings. The maximum atomic E-state index is 11.0. The van der Waals surface area contributed by atoms with Crippen LogP contribution in [0.15, 0.2) is 59.5 Å². The SMILES string of the molecule is Cc1cc(CNc2ccc(S(=O)O)cc2)c2ccccc2n1. The van der Waals surface area contributed by atoms with Gasteiger partial charge in [-0.2, -0.15) is 0 Å². The molecule has 4 nitrogen and oxygen atoms in total. The third kappa shape index (κ3) is 3.16. The predicted molar refractivity (Wildman–Crippen MR) is 89.3 cm³/mol. The van der Waals surface area contributed by atoms with Crippen LogP contribution in [-0.2, 0) is 17.6 Å². The minimum atomic E-state index is -1.93. The molecule has 0 amide bonds. The predicted octanol–water partition coefficient (Wildman–Crippen LogP) is 3.74. The summed E-state index contributed by atoms with van der Waals surface area (Å²) in [7, 11) is 0. The van der Waals surface area contributed by atoms with Gasteiger partial charge in [0.25, 0.3) is 0 Å². The number of para-hydroxylation sites is 1. The number of fused-ring (bicyclic) bond motifs is 1. The van der Waals surface area contributed by atoms with Crippen LogP contribution in [0.4, 0.5) is 5.69 Å². The van der Waals surface area contributed by atoms with E-state index in [-0.39, 0.29) is 0 Å². The summed E-state index contributed by atoms with van der Waals surface area (Å²) in [5.41, 5.74) is 4.07. The number of rotatable bonds is 4. The summed E-state index contributed by atoms with van der Waals surface area (Å²) >= 11 is -1.93. The van der Waals surface area contributed by atoms with Gasteiger partial charge < -0.3 is 9.87 Å². The fourth-order valence-electron chi connectivity index (χ4n) is 2.43. The van der Waals surface area contributed by atoms with Crippen molar-refractivity contribution in [3.05, 3.63) is 65.9 Å². The Morgan fingerprint density at radius 1 is 1.14 bits per heavy atom. The fourth-order valence-corrected chi connectivity index (χ4v) is 2.80. The normalized spacial score (nSPS) is 12.3. The molecule has 0 aliphatic heterocycles. The first-order valence-corrected chi connectivity index (χ1v) is 8.04. The van der Waals surface area contributed by atoms with Gasteiger partial charge in [0.1, 0.15) is 0 Å². The van der Waals surface area contributed by atoms with Crippen LogP contribution in [0, 0.1) is 6.92 Å². The molecule has 112 valence electrons. The van der Waals surface area contributed by atoms with Crippen molar-refractivity contribution in [2.24, 2.45) is 0 Å². The van der Waals surface area contributed by atoms with Crippen molar-refractivity contribution in [1.82, 2.24) is 4.98 Å². The average Bonchev–Trinajstić information content (AvgIpc) is 2.52. The first kappa shape index (κ1) is 14.7. The highest BCUT2D eigenvalue weighted by Gasteiger charge is 2.04. The van der Waals surface area contributed by atoms with Crippen molar-refractivity contribution in [3.8, 4) is 0 Å². The second-order valence-electron chi connectivity index (χ2n) is 5.07. The Balaban J connectivity index is 1.83. The molecular weight excluding hydrogens is 296 g/mol. The number of hydrogen-bond donors (Lipinski definition) is 2. The number of nitrogens with zero attached hydrogens (tertiary/aromatic N) is 1. The summed E-state index contributed by atoms with van der Waals surface area (Å²) in [5, 5.41) is 4.47. The highest BCUT2D eigenvalue weighted by Crippen LogP contribution is 2.20. The molecule has 0 fully saturated rings. The number of nitrogens with one attached hydrogen (secondary N) is 1. The van der Waals surface area contributed by atoms with Gasteiger partial charge in [0.2, 0.25) is 0 Å². The molecule has 1 atom stereocenters. The van der Waals surface area contributed by atoms with E-state index in [0.717, 1.165) is 22.3 Å². The molecular formula is C17H16N2O2S. The van der Waals surface area contributed by atoms with Crippen LogP contribution in [-0.4, -0.2) is 13.7 Å². The lowest BCUT2D eigenvalue weighted by molar-refractivity contribution is 0.564. The molecule has 0 spiro atoms. The molecule has 0 aliphatic rings. The molecule has 0 saturated carbocycles. The number of aromatic nitrogens is 1. The van der Waals surface area contributed by atoms with E-state index in [9.17, 15) is 4.21 Å². The summed E-state index contributed by atoms with van der Waals surface area (Å²) in [6.45, 7) is 2.66. The van der Waals surface area contributed by atoms with Gasteiger partial charge in [0.05, 0.1) is 10.4 Å². The molecule has 1 heterocycles. The molecule has 3 rings (SSSR count). The van der Waals surface area contributed by atoms with Crippen LogP contribution in [0.2, 0.25) is 0 Å². The molecule has 0 radical (unpaired) electrons. The van der Waals surface area contributed by atoms with E-state index in [1.165, 1.54) is 5.56 Å². The van der Waals surface area contributed by atoms with Gasteiger partial charge in [0, 0.05) is 23.3 Å². The zero-order valence-electron chi connectivity index (χ0n) is 12.1. The number of anilines is 1. The lowest BCUT2D eigenvalue weighted by atomic mass is 10.1. The highest BCUT2D eigenvalue weighted by molar-refractivity contribution is 7.79. The smallest absolute Gasteiger partial charge is 0.186 e. The summed E-state index contributed by atoms with van der Waals surface area (Å²) < 4.78 is 20.0. The van der Waals surface area contributed by atoms with E-state index in [0.29, 0.717) is 11.4 Å². The van der Waals surface area contributed by atoms with Gasteiger partial charge in [0.15, 0.2) is 11.1 Å². The van der Waals surface area contributed by atoms with E-state index >= 15 is 0 Å². The second kappa shape index (κ2) is 6.25. The maximum absolute atomic E-state index is 11.0. The minimum absolute atomic E-state index is 0.399. The zero-order valence-corrected chi connectivity index (χ0v) is 12.9. The molecule has 0 aliphatic carbocycles. The monoisotopic (exact) mass is 312 g/mol. The molecule has 0 bridgehead atoms. The second-order valence-corrected chi connectivity index (χ2v) is 6.04. The minimum Gasteiger partial charge on any atom is -0.381 e. The van der Waals surface area contributed by atoms with Gasteiger partial charge in [-0.3, -0.25) is 4.98 Å². The lowest BCUT2D eigenvalue weighted by Gasteiger charge is -2.10. The standard InChI is InChI=1S/C17H16N2O2S/c1-12-10-13(16-4-2-3-5-17(16)19-12)11-18-14-6-8-15(9-7-14)22(20)21/h2-10,18H,11H2,1H3,(H,20,21). The van der Waals surface area contributed by atoms with Gasteiger partial charge in [-0.15, -0.1) is 0 Å². The number of pyridine rings is 1. The Morgan fingerprint density at radius 3 is 2.59 bits per heavy atom. The van der Waals surface area contributed by atoms with Crippen molar-refractivity contribution in [2.75, 3.05) is 5.32 Å². The summed E-state index contributed by atoms with van der Waals surface area (Å²) in [5.74, 6) is 0. The Hall–Kier alpha value is -2.24. The third-order valence-corrected chi connectivity index (χ3v) is 4.14. The summed E-state index contributed by atoms with van der Waals surface area (Å²) in [6.07, 6.45) is 0. The number of benzene rings is 2. The average molecular weight is 312 g/mol. The van der Waals surface area contributed by atoms with Crippen LogP contribution in [0.5, 0.6) is 0 Å². The van der Waals surface area contributed by atoms with Crippen molar-refractivity contribution in [1.29, 1.82) is 0 Å². The molecule has 2 N–H and O–H groups in total. The molecule has 1 aromatic heterocycles. The summed E-state index contributed by atoms with van der Waals surface area (Å²) in [6, 6.07) is 17.1. The van der Waals surface area contributed by atoms with Crippen molar-refractivity contribution in [2.45, 2.75) is 18.4 Å². The van der Waals surface area contributed by atoms with Crippen LogP contribution in [0.25, 0.3) is 10.9 Å². The van der Waals surface area contributed by atoms with E-state index in [4.69, 9.17) is 4.55 Å². The lowest BCUT2D eigenvalue weighted by Crippen LogP contribution is -2.02. The van der Waals surface area contributed by atoms with E-state index in [2.05, 4.69) is 22.4 Å². The molecule has 0 saturated heterocycles. The Morgan fingerprint density at radius 2 is 1.86 bits per heavy atom. The van der Waals surface area contributed by atoms with Crippen LogP contribution < -0.4 is 5.32 Å². The third-order valence-electron chi connectivity index (χ3n) is 3.47. The van der Waals surface area contributed by atoms with E-state index in [1.54, 1.807) is 24.3 Å².